The molecule has 3 heteroatoms. The summed E-state index contributed by atoms with van der Waals surface area (Å²) < 4.78 is 9.61. The topological polar surface area (TPSA) is 42.2 Å². The number of methoxy groups -OCH3 is 2. The molecular formula is C6H11NO2. The van der Waals surface area contributed by atoms with E-state index >= 15 is 0 Å². The van der Waals surface area contributed by atoms with Gasteiger partial charge in [0.1, 0.15) is 0 Å². The maximum absolute atomic E-state index is 8.37. The van der Waals surface area contributed by atoms with Crippen LogP contribution in [-0.4, -0.2) is 26.4 Å². The van der Waals surface area contributed by atoms with E-state index in [4.69, 9.17) is 14.7 Å². The molecule has 0 fully saturated rings. The Morgan fingerprint density at radius 2 is 1.89 bits per heavy atom. The van der Waals surface area contributed by atoms with Gasteiger partial charge in [0, 0.05) is 14.2 Å². The molecule has 0 aromatic heterocycles. The molecule has 0 aromatic rings. The van der Waals surface area contributed by atoms with E-state index in [9.17, 15) is 0 Å². The van der Waals surface area contributed by atoms with Crippen molar-refractivity contribution in [1.82, 2.24) is 0 Å². The number of rotatable bonds is 3. The lowest BCUT2D eigenvalue weighted by molar-refractivity contribution is 0.00331. The molecule has 9 heavy (non-hydrogen) atoms. The predicted molar refractivity (Wildman–Crippen MR) is 32.9 cm³/mol. The van der Waals surface area contributed by atoms with Crippen molar-refractivity contribution in [3.63, 3.8) is 0 Å². The average molecular weight is 129 g/mol. The van der Waals surface area contributed by atoms with Crippen molar-refractivity contribution in [1.29, 1.82) is 5.26 Å². The molecule has 0 aliphatic carbocycles. The van der Waals surface area contributed by atoms with Crippen molar-refractivity contribution in [3.8, 4) is 6.07 Å². The molecule has 0 aliphatic rings. The molecule has 0 N–H and O–H groups in total. The highest BCUT2D eigenvalue weighted by Gasteiger charge is 2.13. The number of nitrogens with zero attached hydrogens (tertiary/aromatic N) is 1. The summed E-state index contributed by atoms with van der Waals surface area (Å²) in [7, 11) is 3.04. The zero-order chi connectivity index (χ0) is 7.28. The van der Waals surface area contributed by atoms with Crippen molar-refractivity contribution >= 4 is 0 Å². The summed E-state index contributed by atoms with van der Waals surface area (Å²) in [6.07, 6.45) is -0.602. The van der Waals surface area contributed by atoms with Gasteiger partial charge < -0.3 is 9.47 Å². The maximum atomic E-state index is 8.37. The molecule has 0 aliphatic heterocycles. The highest BCUT2D eigenvalue weighted by atomic mass is 16.5. The van der Waals surface area contributed by atoms with E-state index in [0.717, 1.165) is 0 Å². The Morgan fingerprint density at radius 1 is 1.33 bits per heavy atom. The maximum Gasteiger partial charge on any atom is 0.169 e. The number of hydrogen-bond donors (Lipinski definition) is 0. The van der Waals surface area contributed by atoms with Gasteiger partial charge in [-0.3, -0.25) is 0 Å². The van der Waals surface area contributed by atoms with Crippen molar-refractivity contribution in [2.75, 3.05) is 14.2 Å². The lowest BCUT2D eigenvalue weighted by Gasteiger charge is -2.12. The highest BCUT2D eigenvalue weighted by Crippen LogP contribution is 1.98. The first-order valence-corrected chi connectivity index (χ1v) is 2.71. The van der Waals surface area contributed by atoms with Gasteiger partial charge in [-0.2, -0.15) is 5.26 Å². The molecule has 3 nitrogen and oxygen atoms in total. The zero-order valence-electron chi connectivity index (χ0n) is 5.92. The van der Waals surface area contributed by atoms with Crippen LogP contribution in [0.25, 0.3) is 0 Å². The van der Waals surface area contributed by atoms with Gasteiger partial charge in [-0.1, -0.05) is 0 Å². The van der Waals surface area contributed by atoms with Crippen molar-refractivity contribution in [2.24, 2.45) is 0 Å². The number of ether oxygens (including phenoxy) is 2. The van der Waals surface area contributed by atoms with Gasteiger partial charge in [-0.15, -0.1) is 0 Å². The molecule has 0 saturated carbocycles. The molecule has 0 amide bonds. The van der Waals surface area contributed by atoms with Crippen molar-refractivity contribution < 1.29 is 9.47 Å². The molecule has 0 aromatic carbocycles. The Kier molecular flexibility index (Phi) is 4.02. The van der Waals surface area contributed by atoms with Gasteiger partial charge >= 0.3 is 0 Å². The summed E-state index contributed by atoms with van der Waals surface area (Å²) in [6.45, 7) is 1.79. The Hall–Kier alpha value is -0.590. The van der Waals surface area contributed by atoms with E-state index in [1.807, 2.05) is 6.07 Å². The fourth-order valence-electron chi connectivity index (χ4n) is 0.473. The zero-order valence-corrected chi connectivity index (χ0v) is 5.92. The van der Waals surface area contributed by atoms with Crippen LogP contribution >= 0.6 is 0 Å². The third-order valence-corrected chi connectivity index (χ3v) is 1.18. The van der Waals surface area contributed by atoms with Crippen LogP contribution in [0.4, 0.5) is 0 Å². The Labute approximate surface area is 55.2 Å². The lowest BCUT2D eigenvalue weighted by atomic mass is 10.2. The number of nitriles is 1. The second kappa shape index (κ2) is 4.30. The quantitative estimate of drug-likeness (QED) is 0.559. The molecule has 0 radical (unpaired) electrons. The van der Waals surface area contributed by atoms with Crippen LogP contribution in [0, 0.1) is 11.3 Å². The first kappa shape index (κ1) is 8.41. The lowest BCUT2D eigenvalue weighted by Crippen LogP contribution is -2.24. The standard InChI is InChI=1S/C6H11NO2/c1-5(8-2)6(4-7)9-3/h5-6H,1-3H3. The molecule has 52 valence electrons. The SMILES string of the molecule is COC(C)C(C#N)OC. The second-order valence-corrected chi connectivity index (χ2v) is 1.73. The van der Waals surface area contributed by atoms with Gasteiger partial charge in [0.05, 0.1) is 12.2 Å². The van der Waals surface area contributed by atoms with Crippen LogP contribution in [0.15, 0.2) is 0 Å². The Bertz CT molecular complexity index is 108. The minimum Gasteiger partial charge on any atom is -0.378 e. The number of hydrogen-bond acceptors (Lipinski definition) is 3. The van der Waals surface area contributed by atoms with Gasteiger partial charge in [-0.05, 0) is 6.92 Å². The molecule has 0 saturated heterocycles. The van der Waals surface area contributed by atoms with E-state index in [1.165, 1.54) is 7.11 Å². The molecule has 0 bridgehead atoms. The third kappa shape index (κ3) is 2.45. The van der Waals surface area contributed by atoms with Gasteiger partial charge in [0.15, 0.2) is 6.10 Å². The van der Waals surface area contributed by atoms with Gasteiger partial charge in [-0.25, -0.2) is 0 Å². The van der Waals surface area contributed by atoms with Crippen LogP contribution in [0.1, 0.15) is 6.92 Å². The Morgan fingerprint density at radius 3 is 2.00 bits per heavy atom. The van der Waals surface area contributed by atoms with Crippen LogP contribution < -0.4 is 0 Å². The van der Waals surface area contributed by atoms with E-state index in [-0.39, 0.29) is 6.10 Å². The molecule has 2 unspecified atom stereocenters. The van der Waals surface area contributed by atoms with E-state index in [2.05, 4.69) is 0 Å². The van der Waals surface area contributed by atoms with E-state index in [1.54, 1.807) is 14.0 Å². The minimum absolute atomic E-state index is 0.153. The summed E-state index contributed by atoms with van der Waals surface area (Å²) >= 11 is 0. The van der Waals surface area contributed by atoms with Crippen LogP contribution in [0.2, 0.25) is 0 Å². The summed E-state index contributed by atoms with van der Waals surface area (Å²) in [5, 5.41) is 8.37. The van der Waals surface area contributed by atoms with Crippen LogP contribution in [-0.2, 0) is 9.47 Å². The third-order valence-electron chi connectivity index (χ3n) is 1.18. The largest absolute Gasteiger partial charge is 0.378 e. The molecule has 0 rings (SSSR count). The van der Waals surface area contributed by atoms with Crippen LogP contribution in [0.3, 0.4) is 0 Å². The van der Waals surface area contributed by atoms with E-state index in [0.29, 0.717) is 0 Å². The fraction of sp³-hybridized carbons (Fsp3) is 0.833. The van der Waals surface area contributed by atoms with Crippen molar-refractivity contribution in [3.05, 3.63) is 0 Å². The first-order chi connectivity index (χ1) is 4.26. The summed E-state index contributed by atoms with van der Waals surface area (Å²) in [5.41, 5.74) is 0. The second-order valence-electron chi connectivity index (χ2n) is 1.73. The average Bonchev–Trinajstić information content (AvgIpc) is 1.90. The summed E-state index contributed by atoms with van der Waals surface area (Å²) in [4.78, 5) is 0. The smallest absolute Gasteiger partial charge is 0.169 e. The summed E-state index contributed by atoms with van der Waals surface area (Å²) in [6, 6.07) is 1.96. The minimum atomic E-state index is -0.449. The summed E-state index contributed by atoms with van der Waals surface area (Å²) in [5.74, 6) is 0. The molecule has 0 spiro atoms. The highest BCUT2D eigenvalue weighted by molar-refractivity contribution is 4.88. The van der Waals surface area contributed by atoms with Crippen molar-refractivity contribution in [2.45, 2.75) is 19.1 Å². The fourth-order valence-corrected chi connectivity index (χ4v) is 0.473. The van der Waals surface area contributed by atoms with E-state index < -0.39 is 6.10 Å². The van der Waals surface area contributed by atoms with Crippen LogP contribution in [0.5, 0.6) is 0 Å². The molecule has 2 atom stereocenters. The van der Waals surface area contributed by atoms with Gasteiger partial charge in [0.25, 0.3) is 0 Å². The monoisotopic (exact) mass is 129 g/mol. The molecular weight excluding hydrogens is 118 g/mol. The first-order valence-electron chi connectivity index (χ1n) is 2.71. The predicted octanol–water partition coefficient (Wildman–Crippen LogP) is 0.560. The molecule has 0 heterocycles. The Balaban J connectivity index is 3.68. The normalized spacial score (nSPS) is 16.2. The van der Waals surface area contributed by atoms with Gasteiger partial charge in [0.2, 0.25) is 0 Å².